The first-order valence-electron chi connectivity index (χ1n) is 9.40. The number of ether oxygens (including phenoxy) is 3. The summed E-state index contributed by atoms with van der Waals surface area (Å²) in [6.07, 6.45) is -3.99. The summed E-state index contributed by atoms with van der Waals surface area (Å²) in [6.45, 7) is 12.6. The standard InChI is InChI=1S/C20H34O6Si/c1-13-16(21)17(24-12-14-8-10-15(23-5)11-9-14)18(19(22)25-13)26-27(6,7)20(2,3)4/h8-11,13,16-19,21-22H,12H2,1-7H3/t13-,16+,17+,18-,19+/m1/s1. The summed E-state index contributed by atoms with van der Waals surface area (Å²) < 4.78 is 23.1. The van der Waals surface area contributed by atoms with E-state index in [9.17, 15) is 10.2 Å². The molecule has 0 bridgehead atoms. The molecule has 154 valence electrons. The lowest BCUT2D eigenvalue weighted by molar-refractivity contribution is -0.284. The second-order valence-corrected chi connectivity index (χ2v) is 13.4. The van der Waals surface area contributed by atoms with Gasteiger partial charge in [0, 0.05) is 0 Å². The Bertz CT molecular complexity index is 597. The monoisotopic (exact) mass is 398 g/mol. The van der Waals surface area contributed by atoms with Crippen LogP contribution in [0.25, 0.3) is 0 Å². The second-order valence-electron chi connectivity index (χ2n) is 8.69. The minimum absolute atomic E-state index is 0.0404. The summed E-state index contributed by atoms with van der Waals surface area (Å²) in [4.78, 5) is 0. The van der Waals surface area contributed by atoms with Gasteiger partial charge in [0.2, 0.25) is 0 Å². The van der Waals surface area contributed by atoms with Gasteiger partial charge < -0.3 is 28.8 Å². The Morgan fingerprint density at radius 2 is 1.67 bits per heavy atom. The lowest BCUT2D eigenvalue weighted by Gasteiger charge is -2.47. The zero-order valence-corrected chi connectivity index (χ0v) is 18.4. The van der Waals surface area contributed by atoms with E-state index in [0.717, 1.165) is 11.3 Å². The lowest BCUT2D eigenvalue weighted by Crippen LogP contribution is -2.61. The Labute approximate surface area is 163 Å². The van der Waals surface area contributed by atoms with E-state index >= 15 is 0 Å². The Morgan fingerprint density at radius 1 is 1.07 bits per heavy atom. The van der Waals surface area contributed by atoms with E-state index < -0.39 is 39.0 Å². The molecule has 0 aliphatic carbocycles. The average Bonchev–Trinajstić information content (AvgIpc) is 2.58. The van der Waals surface area contributed by atoms with E-state index in [2.05, 4.69) is 33.9 Å². The second kappa shape index (κ2) is 8.59. The molecule has 1 aliphatic heterocycles. The fraction of sp³-hybridized carbons (Fsp3) is 0.700. The van der Waals surface area contributed by atoms with Gasteiger partial charge in [0.1, 0.15) is 24.1 Å². The van der Waals surface area contributed by atoms with E-state index in [1.165, 1.54) is 0 Å². The van der Waals surface area contributed by atoms with Crippen LogP contribution in [0.15, 0.2) is 24.3 Å². The number of hydrogen-bond acceptors (Lipinski definition) is 6. The maximum Gasteiger partial charge on any atom is 0.192 e. The molecular weight excluding hydrogens is 364 g/mol. The van der Waals surface area contributed by atoms with Crippen LogP contribution < -0.4 is 4.74 Å². The van der Waals surface area contributed by atoms with Gasteiger partial charge in [-0.05, 0) is 42.8 Å². The fourth-order valence-electron chi connectivity index (χ4n) is 2.75. The van der Waals surface area contributed by atoms with Crippen molar-refractivity contribution >= 4 is 8.32 Å². The minimum Gasteiger partial charge on any atom is -0.497 e. The Kier molecular flexibility index (Phi) is 7.10. The zero-order valence-electron chi connectivity index (χ0n) is 17.4. The van der Waals surface area contributed by atoms with Crippen LogP contribution in [0.2, 0.25) is 18.1 Å². The van der Waals surface area contributed by atoms with Crippen LogP contribution in [0.4, 0.5) is 0 Å². The van der Waals surface area contributed by atoms with E-state index in [1.54, 1.807) is 14.0 Å². The molecule has 1 heterocycles. The molecule has 7 heteroatoms. The summed E-state index contributed by atoms with van der Waals surface area (Å²) in [5.74, 6) is 0.771. The van der Waals surface area contributed by atoms with E-state index in [4.69, 9.17) is 18.6 Å². The summed E-state index contributed by atoms with van der Waals surface area (Å²) in [5.41, 5.74) is 0.947. The van der Waals surface area contributed by atoms with Crippen LogP contribution >= 0.6 is 0 Å². The highest BCUT2D eigenvalue weighted by molar-refractivity contribution is 6.74. The Morgan fingerprint density at radius 3 is 2.19 bits per heavy atom. The van der Waals surface area contributed by atoms with Crippen LogP contribution in [-0.2, 0) is 20.5 Å². The quantitative estimate of drug-likeness (QED) is 0.717. The van der Waals surface area contributed by atoms with Gasteiger partial charge >= 0.3 is 0 Å². The molecule has 0 unspecified atom stereocenters. The summed E-state index contributed by atoms with van der Waals surface area (Å²) >= 11 is 0. The van der Waals surface area contributed by atoms with E-state index in [-0.39, 0.29) is 5.04 Å². The lowest BCUT2D eigenvalue weighted by atomic mass is 9.99. The first kappa shape index (κ1) is 22.3. The molecule has 1 saturated heterocycles. The summed E-state index contributed by atoms with van der Waals surface area (Å²) in [7, 11) is -0.575. The molecular formula is C20H34O6Si. The average molecular weight is 399 g/mol. The van der Waals surface area contributed by atoms with Gasteiger partial charge in [0.05, 0.1) is 19.8 Å². The molecule has 0 amide bonds. The number of aliphatic hydroxyl groups excluding tert-OH is 2. The maximum atomic E-state index is 10.6. The molecule has 2 rings (SSSR count). The van der Waals surface area contributed by atoms with Crippen LogP contribution in [0.1, 0.15) is 33.3 Å². The SMILES string of the molecule is COc1ccc(CO[C@H]2[C@@H](O)[C@@H](C)O[C@H](O)[C@@H]2O[Si](C)(C)C(C)(C)C)cc1. The third kappa shape index (κ3) is 5.31. The van der Waals surface area contributed by atoms with Crippen LogP contribution in [-0.4, -0.2) is 56.3 Å². The van der Waals surface area contributed by atoms with Crippen LogP contribution in [0, 0.1) is 0 Å². The van der Waals surface area contributed by atoms with Crippen molar-refractivity contribution in [3.05, 3.63) is 29.8 Å². The van der Waals surface area contributed by atoms with Crippen molar-refractivity contribution in [1.82, 2.24) is 0 Å². The Balaban J connectivity index is 2.16. The van der Waals surface area contributed by atoms with Crippen molar-refractivity contribution in [3.63, 3.8) is 0 Å². The van der Waals surface area contributed by atoms with Gasteiger partial charge in [-0.3, -0.25) is 0 Å². The number of rotatable bonds is 6. The molecule has 1 aromatic rings. The highest BCUT2D eigenvalue weighted by Gasteiger charge is 2.49. The van der Waals surface area contributed by atoms with E-state index in [1.807, 2.05) is 24.3 Å². The third-order valence-electron chi connectivity index (χ3n) is 5.61. The van der Waals surface area contributed by atoms with Gasteiger partial charge in [-0.25, -0.2) is 0 Å². The van der Waals surface area contributed by atoms with Crippen molar-refractivity contribution in [2.75, 3.05) is 7.11 Å². The topological polar surface area (TPSA) is 77.4 Å². The zero-order chi connectivity index (χ0) is 20.4. The molecule has 6 nitrogen and oxygen atoms in total. The Hall–Kier alpha value is -0.963. The predicted molar refractivity (Wildman–Crippen MR) is 106 cm³/mol. The van der Waals surface area contributed by atoms with Crippen molar-refractivity contribution in [2.24, 2.45) is 0 Å². The highest BCUT2D eigenvalue weighted by atomic mass is 28.4. The van der Waals surface area contributed by atoms with Crippen LogP contribution in [0.5, 0.6) is 5.75 Å². The molecule has 0 saturated carbocycles. The van der Waals surface area contributed by atoms with E-state index in [0.29, 0.717) is 6.61 Å². The van der Waals surface area contributed by atoms with Crippen LogP contribution in [0.3, 0.4) is 0 Å². The normalized spacial score (nSPS) is 29.6. The molecule has 0 aromatic heterocycles. The molecule has 2 N–H and O–H groups in total. The number of hydrogen-bond donors (Lipinski definition) is 2. The van der Waals surface area contributed by atoms with Crippen molar-refractivity contribution in [1.29, 1.82) is 0 Å². The third-order valence-corrected chi connectivity index (χ3v) is 10.1. The van der Waals surface area contributed by atoms with Crippen molar-refractivity contribution in [2.45, 2.75) is 83.1 Å². The van der Waals surface area contributed by atoms with Crippen molar-refractivity contribution in [3.8, 4) is 5.75 Å². The predicted octanol–water partition coefficient (Wildman–Crippen LogP) is 3.07. The summed E-state index contributed by atoms with van der Waals surface area (Å²) in [5, 5.41) is 21.1. The van der Waals surface area contributed by atoms with Gasteiger partial charge in [0.15, 0.2) is 14.6 Å². The molecule has 1 aliphatic rings. The largest absolute Gasteiger partial charge is 0.497 e. The number of aliphatic hydroxyl groups is 2. The molecule has 1 aromatic carbocycles. The fourth-order valence-corrected chi connectivity index (χ4v) is 4.04. The van der Waals surface area contributed by atoms with Gasteiger partial charge in [-0.2, -0.15) is 0 Å². The first-order valence-corrected chi connectivity index (χ1v) is 12.3. The van der Waals surface area contributed by atoms with Gasteiger partial charge in [-0.15, -0.1) is 0 Å². The smallest absolute Gasteiger partial charge is 0.192 e. The first-order chi connectivity index (χ1) is 12.5. The molecule has 27 heavy (non-hydrogen) atoms. The summed E-state index contributed by atoms with van der Waals surface area (Å²) in [6, 6.07) is 7.54. The maximum absolute atomic E-state index is 10.6. The molecule has 0 spiro atoms. The van der Waals surface area contributed by atoms with Gasteiger partial charge in [0.25, 0.3) is 0 Å². The minimum atomic E-state index is -2.20. The molecule has 0 radical (unpaired) electrons. The molecule has 1 fully saturated rings. The number of methoxy groups -OCH3 is 1. The van der Waals surface area contributed by atoms with Gasteiger partial charge in [-0.1, -0.05) is 32.9 Å². The highest BCUT2D eigenvalue weighted by Crippen LogP contribution is 2.39. The molecule has 5 atom stereocenters. The number of benzene rings is 1. The van der Waals surface area contributed by atoms with Crippen molar-refractivity contribution < 1.29 is 28.8 Å².